The molecule has 2 aliphatic rings. The van der Waals surface area contributed by atoms with Crippen molar-refractivity contribution in [2.75, 3.05) is 42.5 Å². The normalized spacial score (nSPS) is 19.4. The standard InChI is InChI=1S/C22H25FN6O4/c1-13(20(24)31)19-12-29(22(32)33-19)16-3-4-17(18(23)9-16)15-10-25-21(26-11-15)28-7-5-27(6-8-28)14(2)30/h3-4,9-11,13,19H,5-8,12H2,1-2H3,(H2,24,31)/t13-,19?/m0/s1. The highest BCUT2D eigenvalue weighted by atomic mass is 19.1. The van der Waals surface area contributed by atoms with E-state index in [0.717, 1.165) is 0 Å². The number of halogens is 1. The van der Waals surface area contributed by atoms with Crippen molar-refractivity contribution < 1.29 is 23.5 Å². The summed E-state index contributed by atoms with van der Waals surface area (Å²) < 4.78 is 20.1. The molecule has 2 atom stereocenters. The smallest absolute Gasteiger partial charge is 0.414 e. The molecule has 0 saturated carbocycles. The number of nitrogens with two attached hydrogens (primary N) is 1. The molecule has 11 heteroatoms. The molecule has 0 aliphatic carbocycles. The molecule has 0 bridgehead atoms. The first-order valence-corrected chi connectivity index (χ1v) is 10.6. The third-order valence-corrected chi connectivity index (χ3v) is 6.06. The van der Waals surface area contributed by atoms with E-state index in [-0.39, 0.29) is 12.5 Å². The van der Waals surface area contributed by atoms with E-state index in [1.165, 1.54) is 11.0 Å². The number of ether oxygens (including phenoxy) is 1. The SMILES string of the molecule is CC(=O)N1CCN(c2ncc(-c3ccc(N4CC([C@H](C)C(N)=O)OC4=O)cc3F)cn2)CC1. The van der Waals surface area contributed by atoms with Gasteiger partial charge in [0, 0.05) is 56.6 Å². The maximum Gasteiger partial charge on any atom is 0.414 e. The molecule has 1 aromatic carbocycles. The second-order valence-corrected chi connectivity index (χ2v) is 8.15. The van der Waals surface area contributed by atoms with E-state index in [4.69, 9.17) is 10.5 Å². The van der Waals surface area contributed by atoms with Gasteiger partial charge >= 0.3 is 6.09 Å². The highest BCUT2D eigenvalue weighted by molar-refractivity contribution is 5.91. The third kappa shape index (κ3) is 4.57. The van der Waals surface area contributed by atoms with Gasteiger partial charge in [0.1, 0.15) is 11.9 Å². The zero-order chi connectivity index (χ0) is 23.7. The number of piperazine rings is 1. The van der Waals surface area contributed by atoms with Crippen molar-refractivity contribution in [2.24, 2.45) is 11.7 Å². The van der Waals surface area contributed by atoms with Gasteiger partial charge in [-0.3, -0.25) is 14.5 Å². The number of carbonyl (C=O) groups excluding carboxylic acids is 3. The van der Waals surface area contributed by atoms with Gasteiger partial charge in [0.05, 0.1) is 18.2 Å². The van der Waals surface area contributed by atoms with Gasteiger partial charge in [-0.15, -0.1) is 0 Å². The Morgan fingerprint density at radius 2 is 1.85 bits per heavy atom. The molecule has 1 unspecified atom stereocenters. The number of primary amides is 1. The first-order chi connectivity index (χ1) is 15.7. The van der Waals surface area contributed by atoms with Gasteiger partial charge in [0.2, 0.25) is 17.8 Å². The number of benzene rings is 1. The van der Waals surface area contributed by atoms with Crippen LogP contribution < -0.4 is 15.5 Å². The average molecular weight is 456 g/mol. The van der Waals surface area contributed by atoms with E-state index in [2.05, 4.69) is 9.97 Å². The Balaban J connectivity index is 1.46. The molecule has 0 spiro atoms. The van der Waals surface area contributed by atoms with Crippen molar-refractivity contribution in [1.29, 1.82) is 0 Å². The van der Waals surface area contributed by atoms with Crippen LogP contribution in [0, 0.1) is 11.7 Å². The minimum absolute atomic E-state index is 0.0462. The Morgan fingerprint density at radius 1 is 1.18 bits per heavy atom. The van der Waals surface area contributed by atoms with Gasteiger partial charge in [-0.2, -0.15) is 0 Å². The van der Waals surface area contributed by atoms with Crippen LogP contribution in [0.5, 0.6) is 0 Å². The van der Waals surface area contributed by atoms with Crippen LogP contribution in [0.25, 0.3) is 11.1 Å². The van der Waals surface area contributed by atoms with E-state index in [0.29, 0.717) is 48.9 Å². The van der Waals surface area contributed by atoms with Crippen LogP contribution in [0.2, 0.25) is 0 Å². The molecule has 1 aromatic heterocycles. The van der Waals surface area contributed by atoms with E-state index in [1.807, 2.05) is 4.90 Å². The van der Waals surface area contributed by atoms with Gasteiger partial charge < -0.3 is 20.3 Å². The van der Waals surface area contributed by atoms with Crippen molar-refractivity contribution in [2.45, 2.75) is 20.0 Å². The summed E-state index contributed by atoms with van der Waals surface area (Å²) in [5.41, 5.74) is 6.40. The van der Waals surface area contributed by atoms with Crippen molar-refractivity contribution in [1.82, 2.24) is 14.9 Å². The van der Waals surface area contributed by atoms with Gasteiger partial charge in [-0.1, -0.05) is 0 Å². The zero-order valence-corrected chi connectivity index (χ0v) is 18.4. The number of hydrogen-bond donors (Lipinski definition) is 1. The number of aromatic nitrogens is 2. The Bertz CT molecular complexity index is 1070. The topological polar surface area (TPSA) is 122 Å². The lowest BCUT2D eigenvalue weighted by atomic mass is 10.0. The molecule has 2 N–H and O–H groups in total. The summed E-state index contributed by atoms with van der Waals surface area (Å²) in [7, 11) is 0. The number of hydrogen-bond acceptors (Lipinski definition) is 7. The van der Waals surface area contributed by atoms with Gasteiger partial charge in [0.15, 0.2) is 0 Å². The first-order valence-electron chi connectivity index (χ1n) is 10.6. The Labute approximate surface area is 190 Å². The largest absolute Gasteiger partial charge is 0.443 e. The lowest BCUT2D eigenvalue weighted by Gasteiger charge is -2.34. The van der Waals surface area contributed by atoms with Crippen molar-refractivity contribution in [3.05, 3.63) is 36.4 Å². The Morgan fingerprint density at radius 3 is 2.42 bits per heavy atom. The lowest BCUT2D eigenvalue weighted by molar-refractivity contribution is -0.129. The van der Waals surface area contributed by atoms with Crippen molar-refractivity contribution in [3.8, 4) is 11.1 Å². The minimum atomic E-state index is -0.684. The number of rotatable bonds is 5. The van der Waals surface area contributed by atoms with Gasteiger partial charge in [-0.05, 0) is 25.1 Å². The molecule has 0 radical (unpaired) electrons. The molecule has 33 heavy (non-hydrogen) atoms. The molecule has 2 saturated heterocycles. The molecule has 2 aliphatic heterocycles. The number of amides is 3. The summed E-state index contributed by atoms with van der Waals surface area (Å²) in [4.78, 5) is 48.8. The predicted octanol–water partition coefficient (Wildman–Crippen LogP) is 1.40. The van der Waals surface area contributed by atoms with E-state index in [1.54, 1.807) is 43.3 Å². The molecular formula is C22H25FN6O4. The van der Waals surface area contributed by atoms with Gasteiger partial charge in [-0.25, -0.2) is 19.2 Å². The first kappa shape index (κ1) is 22.4. The van der Waals surface area contributed by atoms with Crippen LogP contribution in [-0.2, 0) is 14.3 Å². The van der Waals surface area contributed by atoms with Crippen LogP contribution in [-0.4, -0.2) is 71.6 Å². The van der Waals surface area contributed by atoms with Crippen LogP contribution in [0.3, 0.4) is 0 Å². The zero-order valence-electron chi connectivity index (χ0n) is 18.4. The second-order valence-electron chi connectivity index (χ2n) is 8.15. The molecular weight excluding hydrogens is 431 g/mol. The lowest BCUT2D eigenvalue weighted by Crippen LogP contribution is -2.48. The summed E-state index contributed by atoms with van der Waals surface area (Å²) in [5.74, 6) is -1.19. The third-order valence-electron chi connectivity index (χ3n) is 6.06. The van der Waals surface area contributed by atoms with Crippen LogP contribution in [0.1, 0.15) is 13.8 Å². The van der Waals surface area contributed by atoms with E-state index < -0.39 is 29.8 Å². The van der Waals surface area contributed by atoms with Gasteiger partial charge in [0.25, 0.3) is 0 Å². The highest BCUT2D eigenvalue weighted by Crippen LogP contribution is 2.30. The quantitative estimate of drug-likeness (QED) is 0.722. The number of anilines is 2. The van der Waals surface area contributed by atoms with E-state index >= 15 is 0 Å². The molecule has 2 aromatic rings. The highest BCUT2D eigenvalue weighted by Gasteiger charge is 2.38. The van der Waals surface area contributed by atoms with Crippen LogP contribution >= 0.6 is 0 Å². The monoisotopic (exact) mass is 456 g/mol. The molecule has 174 valence electrons. The fourth-order valence-corrected chi connectivity index (χ4v) is 3.89. The summed E-state index contributed by atoms with van der Waals surface area (Å²) in [6, 6.07) is 4.39. The molecule has 3 heterocycles. The van der Waals surface area contributed by atoms with Crippen LogP contribution in [0.4, 0.5) is 20.8 Å². The molecule has 10 nitrogen and oxygen atoms in total. The summed E-state index contributed by atoms with van der Waals surface area (Å²) >= 11 is 0. The second kappa shape index (κ2) is 9.00. The fraction of sp³-hybridized carbons (Fsp3) is 0.409. The fourth-order valence-electron chi connectivity index (χ4n) is 3.89. The molecule has 3 amide bonds. The number of carbonyl (C=O) groups is 3. The maximum atomic E-state index is 14.9. The Hall–Kier alpha value is -3.76. The van der Waals surface area contributed by atoms with Crippen LogP contribution in [0.15, 0.2) is 30.6 Å². The summed E-state index contributed by atoms with van der Waals surface area (Å²) in [5, 5.41) is 0. The van der Waals surface area contributed by atoms with Crippen molar-refractivity contribution >= 4 is 29.5 Å². The Kier molecular flexibility index (Phi) is 6.12. The average Bonchev–Trinajstić information content (AvgIpc) is 3.20. The van der Waals surface area contributed by atoms with E-state index in [9.17, 15) is 18.8 Å². The predicted molar refractivity (Wildman–Crippen MR) is 118 cm³/mol. The molecule has 2 fully saturated rings. The summed E-state index contributed by atoms with van der Waals surface area (Å²) in [6.45, 7) is 5.71. The number of nitrogens with zero attached hydrogens (tertiary/aromatic N) is 5. The molecule has 4 rings (SSSR count). The van der Waals surface area contributed by atoms with Crippen molar-refractivity contribution in [3.63, 3.8) is 0 Å². The minimum Gasteiger partial charge on any atom is -0.443 e. The maximum absolute atomic E-state index is 14.9. The summed E-state index contributed by atoms with van der Waals surface area (Å²) in [6.07, 6.45) is 1.76. The number of cyclic esters (lactones) is 1.